The number of rotatable bonds is 5. The van der Waals surface area contributed by atoms with Crippen LogP contribution in [0.1, 0.15) is 192 Å². The minimum Gasteiger partial charge on any atom is -0.456 e. The largest absolute Gasteiger partial charge is 0.456 e. The second kappa shape index (κ2) is 17.8. The average molecular weight is 1090 g/mol. The fourth-order valence-electron chi connectivity index (χ4n) is 15.9. The highest BCUT2D eigenvalue weighted by Gasteiger charge is 2.50. The van der Waals surface area contributed by atoms with Crippen LogP contribution >= 0.6 is 0 Å². The molecule has 5 heteroatoms. The maximum atomic E-state index is 7.07. The van der Waals surface area contributed by atoms with Crippen molar-refractivity contribution in [1.29, 1.82) is 0 Å². The molecule has 0 fully saturated rings. The van der Waals surface area contributed by atoms with Gasteiger partial charge in [-0.1, -0.05) is 171 Å². The van der Waals surface area contributed by atoms with Crippen LogP contribution in [-0.4, -0.2) is 6.71 Å². The first kappa shape index (κ1) is 54.0. The van der Waals surface area contributed by atoms with Gasteiger partial charge in [0.15, 0.2) is 0 Å². The first-order valence-corrected chi connectivity index (χ1v) is 31.2. The molecule has 0 bridgehead atoms. The summed E-state index contributed by atoms with van der Waals surface area (Å²) in [5.74, 6) is 0. The zero-order valence-electron chi connectivity index (χ0n) is 52.8. The molecule has 0 N–H and O–H groups in total. The van der Waals surface area contributed by atoms with Gasteiger partial charge in [-0.3, -0.25) is 0 Å². The minimum absolute atomic E-state index is 0.00172. The Morgan fingerprint density at radius 2 is 0.807 bits per heavy atom. The van der Waals surface area contributed by atoms with E-state index in [1.165, 1.54) is 113 Å². The van der Waals surface area contributed by atoms with Gasteiger partial charge in [-0.15, -0.1) is 0 Å². The molecule has 0 unspecified atom stereocenters. The van der Waals surface area contributed by atoms with Gasteiger partial charge in [-0.25, -0.2) is 0 Å². The number of hydrogen-bond donors (Lipinski definition) is 0. The molecule has 9 aromatic rings. The Balaban J connectivity index is 1.16. The van der Waals surface area contributed by atoms with E-state index >= 15 is 0 Å². The van der Waals surface area contributed by atoms with E-state index < -0.39 is 0 Å². The molecule has 4 nitrogen and oxygen atoms in total. The number of nitrogens with zero attached hydrogens (tertiary/aromatic N) is 3. The predicted octanol–water partition coefficient (Wildman–Crippen LogP) is 20.1. The zero-order chi connectivity index (χ0) is 58.5. The summed E-state index contributed by atoms with van der Waals surface area (Å²) in [5, 5.41) is 2.30. The number of furan rings is 1. The van der Waals surface area contributed by atoms with Crippen LogP contribution in [0.2, 0.25) is 0 Å². The maximum absolute atomic E-state index is 7.07. The van der Waals surface area contributed by atoms with Crippen molar-refractivity contribution in [3.05, 3.63) is 190 Å². The number of fused-ring (bicyclic) bond motifs is 10. The monoisotopic (exact) mass is 1090 g/mol. The van der Waals surface area contributed by atoms with E-state index in [1.807, 2.05) is 0 Å². The van der Waals surface area contributed by atoms with Gasteiger partial charge >= 0.3 is 0 Å². The van der Waals surface area contributed by atoms with E-state index in [2.05, 4.69) is 272 Å². The maximum Gasteiger partial charge on any atom is 0.252 e. The Labute approximate surface area is 496 Å². The molecule has 0 amide bonds. The van der Waals surface area contributed by atoms with Crippen LogP contribution in [0.15, 0.2) is 144 Å². The van der Waals surface area contributed by atoms with E-state index in [0.29, 0.717) is 0 Å². The predicted molar refractivity (Wildman–Crippen MR) is 356 cm³/mol. The molecule has 422 valence electrons. The highest BCUT2D eigenvalue weighted by Crippen LogP contribution is 2.56. The van der Waals surface area contributed by atoms with Crippen LogP contribution in [0, 0.1) is 13.8 Å². The highest BCUT2D eigenvalue weighted by atomic mass is 16.3. The first-order valence-electron chi connectivity index (χ1n) is 31.2. The lowest BCUT2D eigenvalue weighted by Crippen LogP contribution is -2.62. The van der Waals surface area contributed by atoms with Crippen LogP contribution < -0.4 is 31.1 Å². The van der Waals surface area contributed by atoms with Crippen LogP contribution in [0.3, 0.4) is 0 Å². The summed E-state index contributed by atoms with van der Waals surface area (Å²) < 4.78 is 7.07. The Kier molecular flexibility index (Phi) is 11.6. The molecule has 83 heavy (non-hydrogen) atoms. The summed E-state index contributed by atoms with van der Waals surface area (Å²) in [6, 6.07) is 55.4. The molecule has 0 radical (unpaired) electrons. The number of hydrogen-bond acceptors (Lipinski definition) is 4. The van der Waals surface area contributed by atoms with E-state index in [-0.39, 0.29) is 44.6 Å². The molecule has 0 saturated heterocycles. The molecule has 3 heterocycles. The quantitative estimate of drug-likeness (QED) is 0.160. The lowest BCUT2D eigenvalue weighted by molar-refractivity contribution is 0.332. The minimum atomic E-state index is -0.0621. The van der Waals surface area contributed by atoms with Gasteiger partial charge in [0.25, 0.3) is 6.71 Å². The molecule has 0 atom stereocenters. The molecule has 0 spiro atoms. The van der Waals surface area contributed by atoms with Crippen molar-refractivity contribution < 1.29 is 4.42 Å². The molecular weight excluding hydrogens is 1010 g/mol. The van der Waals surface area contributed by atoms with Crippen molar-refractivity contribution in [2.75, 3.05) is 14.7 Å². The zero-order valence-corrected chi connectivity index (χ0v) is 52.8. The second-order valence-electron chi connectivity index (χ2n) is 31.1. The number of para-hydroxylation sites is 2. The molecule has 3 aliphatic carbocycles. The van der Waals surface area contributed by atoms with E-state index in [9.17, 15) is 0 Å². The average Bonchev–Trinajstić information content (AvgIpc) is 1.16. The summed E-state index contributed by atoms with van der Waals surface area (Å²) in [4.78, 5) is 7.96. The Morgan fingerprint density at radius 3 is 1.28 bits per heavy atom. The van der Waals surface area contributed by atoms with Crippen LogP contribution in [0.25, 0.3) is 21.9 Å². The van der Waals surface area contributed by atoms with Gasteiger partial charge in [-0.2, -0.15) is 0 Å². The lowest BCUT2D eigenvalue weighted by atomic mass is 9.32. The molecule has 14 rings (SSSR count). The van der Waals surface area contributed by atoms with Crippen molar-refractivity contribution in [1.82, 2.24) is 0 Å². The van der Waals surface area contributed by atoms with E-state index in [0.717, 1.165) is 65.4 Å². The Hall–Kier alpha value is -6.98. The van der Waals surface area contributed by atoms with Gasteiger partial charge in [0.2, 0.25) is 0 Å². The van der Waals surface area contributed by atoms with Crippen LogP contribution in [0.4, 0.5) is 51.2 Å². The molecule has 8 aromatic carbocycles. The van der Waals surface area contributed by atoms with Gasteiger partial charge in [-0.05, 0) is 223 Å². The molecule has 5 aliphatic rings. The van der Waals surface area contributed by atoms with Crippen molar-refractivity contribution >= 4 is 96.2 Å². The van der Waals surface area contributed by atoms with Crippen molar-refractivity contribution in [2.24, 2.45) is 0 Å². The summed E-state index contributed by atoms with van der Waals surface area (Å²) in [5.41, 5.74) is 29.4. The van der Waals surface area contributed by atoms with Crippen LogP contribution in [0.5, 0.6) is 0 Å². The number of anilines is 9. The third-order valence-corrected chi connectivity index (χ3v) is 21.6. The fourth-order valence-corrected chi connectivity index (χ4v) is 15.9. The SMILES string of the molecule is Cc1ccccc1N(c1cc2c3c(c1)N(c1ccc4c(c1)oc1cc(C(C)(C)C)ccc14)c1cc4c(cc1B3c1cc3c(cc1N2c1ccc2c(c1)C(C)(C)CCC2(C)C)C(C)(C)CCC3(C)C)C(C)(C)CCC4(C)C)c1ccccc1C. The van der Waals surface area contributed by atoms with Crippen molar-refractivity contribution in [3.63, 3.8) is 0 Å². The smallest absolute Gasteiger partial charge is 0.252 e. The summed E-state index contributed by atoms with van der Waals surface area (Å²) in [6.45, 7) is 41.2. The highest BCUT2D eigenvalue weighted by molar-refractivity contribution is 7.00. The summed E-state index contributed by atoms with van der Waals surface area (Å²) >= 11 is 0. The second-order valence-corrected chi connectivity index (χ2v) is 31.1. The number of aryl methyl sites for hydroxylation is 2. The fraction of sp³-hybridized carbons (Fsp3) is 0.385. The third-order valence-electron chi connectivity index (χ3n) is 21.6. The third kappa shape index (κ3) is 8.19. The number of benzene rings is 8. The summed E-state index contributed by atoms with van der Waals surface area (Å²) in [6.07, 6.45) is 6.89. The summed E-state index contributed by atoms with van der Waals surface area (Å²) in [7, 11) is 0. The van der Waals surface area contributed by atoms with Crippen molar-refractivity contribution in [3.8, 4) is 0 Å². The molecule has 0 saturated carbocycles. The topological polar surface area (TPSA) is 22.9 Å². The van der Waals surface area contributed by atoms with Crippen LogP contribution in [-0.2, 0) is 37.9 Å². The van der Waals surface area contributed by atoms with E-state index in [4.69, 9.17) is 4.42 Å². The van der Waals surface area contributed by atoms with Gasteiger partial charge in [0, 0.05) is 62.3 Å². The molecular formula is C78H86BN3O. The van der Waals surface area contributed by atoms with Gasteiger partial charge in [0.1, 0.15) is 11.2 Å². The Morgan fingerprint density at radius 1 is 0.410 bits per heavy atom. The van der Waals surface area contributed by atoms with Gasteiger partial charge in [0.05, 0.1) is 5.69 Å². The normalized spacial score (nSPS) is 19.1. The van der Waals surface area contributed by atoms with E-state index in [1.54, 1.807) is 0 Å². The van der Waals surface area contributed by atoms with Gasteiger partial charge < -0.3 is 19.1 Å². The molecule has 1 aromatic heterocycles. The van der Waals surface area contributed by atoms with Crippen molar-refractivity contribution in [2.45, 2.75) is 194 Å². The Bertz CT molecular complexity index is 4160. The molecule has 2 aliphatic heterocycles. The first-order chi connectivity index (χ1) is 39.0. The lowest BCUT2D eigenvalue weighted by Gasteiger charge is -2.49. The standard InChI is InChI=1S/C78H86BN3O/c1-47-22-18-20-24-63(47)82(64-25-21-19-23-48(64)2)52-40-67-71-68(41-52)81(51-27-30-54-53-29-26-49(72(3,4)5)38-69(53)83-70(54)42-51)66-46-60-58(76(12,13)35-37-78(60,16)17)44-62(66)79(71)61-43-57-59(77(14,15)36-34-75(57,10)11)45-65(61)80(67)50-28-31-55-56(39-50)74(8,9)33-32-73(55,6)7/h18-31,38-46H,32-37H2,1-17H3.